The van der Waals surface area contributed by atoms with Crippen LogP contribution in [0.25, 0.3) is 11.4 Å². The first-order valence-corrected chi connectivity index (χ1v) is 7.51. The predicted molar refractivity (Wildman–Crippen MR) is 89.1 cm³/mol. The van der Waals surface area contributed by atoms with Crippen molar-refractivity contribution in [2.75, 3.05) is 5.32 Å². The summed E-state index contributed by atoms with van der Waals surface area (Å²) >= 11 is 0. The second-order valence-electron chi connectivity index (χ2n) is 5.88. The highest BCUT2D eigenvalue weighted by Crippen LogP contribution is 2.18. The van der Waals surface area contributed by atoms with Crippen molar-refractivity contribution in [3.8, 4) is 11.4 Å². The fourth-order valence-corrected chi connectivity index (χ4v) is 2.06. The third-order valence-electron chi connectivity index (χ3n) is 3.48. The summed E-state index contributed by atoms with van der Waals surface area (Å²) in [6.07, 6.45) is -0.595. The molecule has 0 spiro atoms. The number of hydrogen-bond acceptors (Lipinski definition) is 4. The zero-order valence-corrected chi connectivity index (χ0v) is 13.5. The molecule has 0 bridgehead atoms. The van der Waals surface area contributed by atoms with E-state index in [2.05, 4.69) is 15.3 Å². The Morgan fingerprint density at radius 3 is 2.52 bits per heavy atom. The molecular weight excluding hydrogens is 294 g/mol. The molecule has 0 fully saturated rings. The molecule has 23 heavy (non-hydrogen) atoms. The Morgan fingerprint density at radius 2 is 1.96 bits per heavy atom. The van der Waals surface area contributed by atoms with E-state index in [1.165, 1.54) is 6.07 Å². The standard InChI is InChI=1S/C17H21N3O3/c1-10(2)14(21)9-16(23)19-13-6-4-12(5-7-13)17-18-11(3)8-15(22)20-17/h4-8,10,14,21H,9H2,1-3H3,(H,19,23)(H,18,20,22). The van der Waals surface area contributed by atoms with Gasteiger partial charge in [0.25, 0.3) is 5.56 Å². The molecule has 2 aromatic rings. The highest BCUT2D eigenvalue weighted by Gasteiger charge is 2.14. The van der Waals surface area contributed by atoms with Crippen LogP contribution in [0.15, 0.2) is 35.1 Å². The minimum absolute atomic E-state index is 0.0346. The van der Waals surface area contributed by atoms with Crippen LogP contribution in [0.1, 0.15) is 26.0 Å². The zero-order valence-electron chi connectivity index (χ0n) is 13.5. The van der Waals surface area contributed by atoms with Crippen LogP contribution in [0, 0.1) is 12.8 Å². The molecule has 0 aliphatic carbocycles. The van der Waals surface area contributed by atoms with Gasteiger partial charge in [0, 0.05) is 23.0 Å². The summed E-state index contributed by atoms with van der Waals surface area (Å²) in [5.74, 6) is 0.288. The number of aromatic amines is 1. The summed E-state index contributed by atoms with van der Waals surface area (Å²) in [7, 11) is 0. The summed E-state index contributed by atoms with van der Waals surface area (Å²) in [4.78, 5) is 30.3. The average Bonchev–Trinajstić information content (AvgIpc) is 2.46. The molecular formula is C17H21N3O3. The van der Waals surface area contributed by atoms with Gasteiger partial charge in [0.15, 0.2) is 0 Å². The fraction of sp³-hybridized carbons (Fsp3) is 0.353. The molecule has 3 N–H and O–H groups in total. The number of carbonyl (C=O) groups excluding carboxylic acids is 1. The molecule has 1 aromatic heterocycles. The number of nitrogens with zero attached hydrogens (tertiary/aromatic N) is 1. The number of amides is 1. The van der Waals surface area contributed by atoms with Crippen molar-refractivity contribution in [3.63, 3.8) is 0 Å². The first-order valence-electron chi connectivity index (χ1n) is 7.51. The lowest BCUT2D eigenvalue weighted by molar-refractivity contribution is -0.118. The number of aliphatic hydroxyl groups is 1. The maximum Gasteiger partial charge on any atom is 0.251 e. The van der Waals surface area contributed by atoms with Crippen molar-refractivity contribution in [2.24, 2.45) is 5.92 Å². The van der Waals surface area contributed by atoms with Crippen molar-refractivity contribution in [2.45, 2.75) is 33.3 Å². The largest absolute Gasteiger partial charge is 0.392 e. The lowest BCUT2D eigenvalue weighted by atomic mass is 10.0. The number of nitrogens with one attached hydrogen (secondary N) is 2. The topological polar surface area (TPSA) is 95.1 Å². The minimum atomic E-state index is -0.657. The van der Waals surface area contributed by atoms with E-state index < -0.39 is 6.10 Å². The highest BCUT2D eigenvalue weighted by atomic mass is 16.3. The van der Waals surface area contributed by atoms with Crippen LogP contribution in [-0.2, 0) is 4.79 Å². The number of hydrogen-bond donors (Lipinski definition) is 3. The Balaban J connectivity index is 2.07. The van der Waals surface area contributed by atoms with E-state index in [4.69, 9.17) is 0 Å². The van der Waals surface area contributed by atoms with Crippen LogP contribution in [0.5, 0.6) is 0 Å². The van der Waals surface area contributed by atoms with Crippen molar-refractivity contribution in [1.82, 2.24) is 9.97 Å². The van der Waals surface area contributed by atoms with Crippen molar-refractivity contribution in [3.05, 3.63) is 46.4 Å². The number of aromatic nitrogens is 2. The third kappa shape index (κ3) is 4.75. The van der Waals surface area contributed by atoms with Gasteiger partial charge >= 0.3 is 0 Å². The number of H-pyrrole nitrogens is 1. The number of aryl methyl sites for hydroxylation is 1. The second-order valence-corrected chi connectivity index (χ2v) is 5.88. The number of anilines is 1. The monoisotopic (exact) mass is 315 g/mol. The molecule has 0 aliphatic heterocycles. The Labute approximate surface area is 134 Å². The van der Waals surface area contributed by atoms with Gasteiger partial charge in [-0.1, -0.05) is 13.8 Å². The van der Waals surface area contributed by atoms with Crippen LogP contribution < -0.4 is 10.9 Å². The van der Waals surface area contributed by atoms with Gasteiger partial charge in [0.1, 0.15) is 5.82 Å². The maximum absolute atomic E-state index is 11.8. The van der Waals surface area contributed by atoms with Crippen LogP contribution in [0.3, 0.4) is 0 Å². The Bertz CT molecular complexity index is 735. The van der Waals surface area contributed by atoms with Gasteiger partial charge in [-0.05, 0) is 37.1 Å². The van der Waals surface area contributed by atoms with Crippen LogP contribution >= 0.6 is 0 Å². The molecule has 1 unspecified atom stereocenters. The van der Waals surface area contributed by atoms with Crippen molar-refractivity contribution in [1.29, 1.82) is 0 Å². The number of rotatable bonds is 5. The van der Waals surface area contributed by atoms with Gasteiger partial charge < -0.3 is 15.4 Å². The Morgan fingerprint density at radius 1 is 1.30 bits per heavy atom. The molecule has 0 saturated heterocycles. The summed E-state index contributed by atoms with van der Waals surface area (Å²) < 4.78 is 0. The van der Waals surface area contributed by atoms with Crippen molar-refractivity contribution >= 4 is 11.6 Å². The van der Waals surface area contributed by atoms with Gasteiger partial charge in [-0.15, -0.1) is 0 Å². The van der Waals surface area contributed by atoms with E-state index in [1.54, 1.807) is 31.2 Å². The van der Waals surface area contributed by atoms with Gasteiger partial charge in [-0.25, -0.2) is 4.98 Å². The number of benzene rings is 1. The molecule has 0 saturated carbocycles. The average molecular weight is 315 g/mol. The van der Waals surface area contributed by atoms with Crippen molar-refractivity contribution < 1.29 is 9.90 Å². The summed E-state index contributed by atoms with van der Waals surface area (Å²) in [6.45, 7) is 5.48. The maximum atomic E-state index is 11.8. The molecule has 6 heteroatoms. The van der Waals surface area contributed by atoms with E-state index >= 15 is 0 Å². The van der Waals surface area contributed by atoms with Gasteiger partial charge in [0.2, 0.25) is 5.91 Å². The molecule has 0 radical (unpaired) electrons. The lowest BCUT2D eigenvalue weighted by Gasteiger charge is -2.14. The molecule has 1 atom stereocenters. The summed E-state index contributed by atoms with van der Waals surface area (Å²) in [5, 5.41) is 12.5. The van der Waals surface area contributed by atoms with Gasteiger partial charge in [-0.2, -0.15) is 0 Å². The molecule has 6 nitrogen and oxygen atoms in total. The van der Waals surface area contributed by atoms with E-state index in [1.807, 2.05) is 13.8 Å². The lowest BCUT2D eigenvalue weighted by Crippen LogP contribution is -2.23. The second kappa shape index (κ2) is 7.19. The highest BCUT2D eigenvalue weighted by molar-refractivity contribution is 5.91. The Kier molecular flexibility index (Phi) is 5.28. The number of carbonyl (C=O) groups is 1. The van der Waals surface area contributed by atoms with E-state index in [-0.39, 0.29) is 23.8 Å². The van der Waals surface area contributed by atoms with E-state index in [0.717, 1.165) is 5.56 Å². The molecule has 122 valence electrons. The first-order chi connectivity index (χ1) is 10.8. The van der Waals surface area contributed by atoms with E-state index in [0.29, 0.717) is 17.2 Å². The van der Waals surface area contributed by atoms with Gasteiger partial charge in [-0.3, -0.25) is 9.59 Å². The van der Waals surface area contributed by atoms with Gasteiger partial charge in [0.05, 0.1) is 12.5 Å². The molecule has 1 amide bonds. The summed E-state index contributed by atoms with van der Waals surface area (Å²) in [5.41, 5.74) is 1.83. The minimum Gasteiger partial charge on any atom is -0.392 e. The number of aliphatic hydroxyl groups excluding tert-OH is 1. The fourth-order valence-electron chi connectivity index (χ4n) is 2.06. The third-order valence-corrected chi connectivity index (χ3v) is 3.48. The zero-order chi connectivity index (χ0) is 17.0. The van der Waals surface area contributed by atoms with Crippen LogP contribution in [0.2, 0.25) is 0 Å². The first kappa shape index (κ1) is 16.9. The smallest absolute Gasteiger partial charge is 0.251 e. The molecule has 0 aliphatic rings. The Hall–Kier alpha value is -2.47. The molecule has 1 aromatic carbocycles. The predicted octanol–water partition coefficient (Wildman–Crippen LogP) is 2.09. The normalized spacial score (nSPS) is 12.2. The molecule has 1 heterocycles. The van der Waals surface area contributed by atoms with E-state index in [9.17, 15) is 14.7 Å². The summed E-state index contributed by atoms with van der Waals surface area (Å²) in [6, 6.07) is 8.44. The van der Waals surface area contributed by atoms with Crippen LogP contribution in [0.4, 0.5) is 5.69 Å². The SMILES string of the molecule is Cc1cc(=O)[nH]c(-c2ccc(NC(=O)CC(O)C(C)C)cc2)n1. The van der Waals surface area contributed by atoms with Crippen LogP contribution in [-0.4, -0.2) is 27.1 Å². The molecule has 2 rings (SSSR count). The quantitative estimate of drug-likeness (QED) is 0.787.